The van der Waals surface area contributed by atoms with Gasteiger partial charge in [-0.25, -0.2) is 14.3 Å². The lowest BCUT2D eigenvalue weighted by Crippen LogP contribution is -2.62. The first-order valence-corrected chi connectivity index (χ1v) is 7.33. The smallest absolute Gasteiger partial charge is 0.270 e. The third-order valence-electron chi connectivity index (χ3n) is 3.98. The van der Waals surface area contributed by atoms with Gasteiger partial charge in [-0.3, -0.25) is 14.6 Å². The van der Waals surface area contributed by atoms with E-state index < -0.39 is 6.04 Å². The highest BCUT2D eigenvalue weighted by Crippen LogP contribution is 2.27. The van der Waals surface area contributed by atoms with Gasteiger partial charge in [-0.1, -0.05) is 24.8 Å². The first-order valence-electron chi connectivity index (χ1n) is 7.33. The van der Waals surface area contributed by atoms with Crippen LogP contribution in [0.2, 0.25) is 0 Å². The summed E-state index contributed by atoms with van der Waals surface area (Å²) in [5, 5.41) is 0. The second kappa shape index (κ2) is 4.98. The molecule has 0 saturated carbocycles. The lowest BCUT2D eigenvalue weighted by atomic mass is 10.1. The van der Waals surface area contributed by atoms with Gasteiger partial charge in [0.25, 0.3) is 5.91 Å². The number of rotatable bonds is 4. The molecule has 1 N–H and O–H groups in total. The van der Waals surface area contributed by atoms with Gasteiger partial charge in [-0.2, -0.15) is 0 Å². The van der Waals surface area contributed by atoms with Gasteiger partial charge in [0.15, 0.2) is 0 Å². The summed E-state index contributed by atoms with van der Waals surface area (Å²) >= 11 is 0. The highest BCUT2D eigenvalue weighted by molar-refractivity contribution is 6.18. The Kier molecular flexibility index (Phi) is 3.27. The molecule has 112 valence electrons. The molecule has 7 heteroatoms. The number of hydrogen-bond donors (Lipinski definition) is 1. The standard InChI is InChI=1S/C14H19N5O2/c1-4-5-6-7-18-12(20)10-11(17(3)14(18)21)16-13-15-9(2)8-19(10)13/h8,10H,4-7H2,1-3H3/p+1. The molecule has 1 fully saturated rings. The maximum absolute atomic E-state index is 12.7. The molecule has 2 aliphatic heterocycles. The molecule has 3 heterocycles. The van der Waals surface area contributed by atoms with Gasteiger partial charge in [-0.15, -0.1) is 0 Å². The van der Waals surface area contributed by atoms with Crippen LogP contribution in [0.3, 0.4) is 0 Å². The number of H-pyrrole nitrogens is 1. The van der Waals surface area contributed by atoms with Crippen LogP contribution in [0, 0.1) is 6.92 Å². The predicted molar refractivity (Wildman–Crippen MR) is 76.3 cm³/mol. The number of fused-ring (bicyclic) bond motifs is 3. The van der Waals surface area contributed by atoms with Crippen LogP contribution in [-0.2, 0) is 4.79 Å². The van der Waals surface area contributed by atoms with Crippen molar-refractivity contribution < 1.29 is 14.2 Å². The maximum Gasteiger partial charge on any atom is 0.399 e. The molecular weight excluding hydrogens is 270 g/mol. The number of nitrogens with zero attached hydrogens (tertiary/aromatic N) is 4. The second-order valence-corrected chi connectivity index (χ2v) is 5.58. The predicted octanol–water partition coefficient (Wildman–Crippen LogP) is 1.28. The molecule has 1 aromatic heterocycles. The fourth-order valence-corrected chi connectivity index (χ4v) is 2.85. The number of aromatic amines is 1. The van der Waals surface area contributed by atoms with Crippen LogP contribution in [0.25, 0.3) is 0 Å². The third kappa shape index (κ3) is 2.03. The number of amides is 3. The molecule has 3 rings (SSSR count). The van der Waals surface area contributed by atoms with E-state index in [0.717, 1.165) is 25.0 Å². The van der Waals surface area contributed by atoms with Crippen LogP contribution in [0.4, 0.5) is 10.7 Å². The molecule has 1 atom stereocenters. The van der Waals surface area contributed by atoms with Crippen LogP contribution in [0.1, 0.15) is 37.9 Å². The zero-order valence-corrected chi connectivity index (χ0v) is 12.6. The minimum absolute atomic E-state index is 0.185. The number of urea groups is 1. The number of likely N-dealkylation sites (N-methyl/N-ethyl adjacent to an activating group) is 1. The molecule has 1 aromatic rings. The lowest BCUT2D eigenvalue weighted by Gasteiger charge is -2.33. The molecular formula is C14H20N5O2+. The Morgan fingerprint density at radius 3 is 2.86 bits per heavy atom. The van der Waals surface area contributed by atoms with E-state index in [4.69, 9.17) is 0 Å². The molecule has 7 nitrogen and oxygen atoms in total. The zero-order chi connectivity index (χ0) is 15.1. The summed E-state index contributed by atoms with van der Waals surface area (Å²) in [6, 6.07) is -0.803. The van der Waals surface area contributed by atoms with Crippen molar-refractivity contribution in [3.63, 3.8) is 0 Å². The maximum atomic E-state index is 12.7. The number of nitrogens with one attached hydrogen (secondary N) is 1. The molecule has 1 saturated heterocycles. The Labute approximate surface area is 123 Å². The zero-order valence-electron chi connectivity index (χ0n) is 12.6. The number of amidine groups is 1. The summed E-state index contributed by atoms with van der Waals surface area (Å²) in [5.41, 5.74) is 0.942. The molecule has 21 heavy (non-hydrogen) atoms. The summed E-state index contributed by atoms with van der Waals surface area (Å²) in [6.45, 7) is 4.49. The summed E-state index contributed by atoms with van der Waals surface area (Å²) in [7, 11) is 1.67. The number of unbranched alkanes of at least 4 members (excludes halogenated alkanes) is 2. The minimum atomic E-state index is -0.519. The number of aryl methyl sites for hydroxylation is 1. The van der Waals surface area contributed by atoms with E-state index in [1.54, 1.807) is 7.05 Å². The number of aromatic nitrogens is 2. The highest BCUT2D eigenvalue weighted by atomic mass is 16.2. The monoisotopic (exact) mass is 290 g/mol. The van der Waals surface area contributed by atoms with Gasteiger partial charge in [0, 0.05) is 13.6 Å². The third-order valence-corrected chi connectivity index (χ3v) is 3.98. The molecule has 0 bridgehead atoms. The van der Waals surface area contributed by atoms with E-state index in [0.29, 0.717) is 18.3 Å². The van der Waals surface area contributed by atoms with Crippen LogP contribution < -0.4 is 4.57 Å². The van der Waals surface area contributed by atoms with E-state index in [1.165, 1.54) is 9.80 Å². The van der Waals surface area contributed by atoms with Crippen LogP contribution in [0.5, 0.6) is 0 Å². The van der Waals surface area contributed by atoms with Gasteiger partial charge in [0.05, 0.1) is 0 Å². The summed E-state index contributed by atoms with van der Waals surface area (Å²) in [5.74, 6) is 0.939. The van der Waals surface area contributed by atoms with Crippen molar-refractivity contribution in [2.24, 2.45) is 4.99 Å². The van der Waals surface area contributed by atoms with E-state index in [2.05, 4.69) is 16.9 Å². The lowest BCUT2D eigenvalue weighted by molar-refractivity contribution is -0.676. The van der Waals surface area contributed by atoms with E-state index in [9.17, 15) is 9.59 Å². The van der Waals surface area contributed by atoms with E-state index >= 15 is 0 Å². The molecule has 2 aliphatic rings. The quantitative estimate of drug-likeness (QED) is 0.670. The molecule has 0 radical (unpaired) electrons. The van der Waals surface area contributed by atoms with Gasteiger partial charge in [0.1, 0.15) is 11.9 Å². The van der Waals surface area contributed by atoms with Crippen molar-refractivity contribution in [3.05, 3.63) is 11.9 Å². The summed E-state index contributed by atoms with van der Waals surface area (Å²) < 4.78 is 1.81. The van der Waals surface area contributed by atoms with Gasteiger partial charge in [0.2, 0.25) is 11.9 Å². The number of imide groups is 1. The molecule has 3 amide bonds. The van der Waals surface area contributed by atoms with Gasteiger partial charge in [-0.05, 0) is 13.3 Å². The van der Waals surface area contributed by atoms with Crippen LogP contribution in [0.15, 0.2) is 11.2 Å². The minimum Gasteiger partial charge on any atom is -0.270 e. The number of imidazole rings is 1. The molecule has 0 spiro atoms. The first kappa shape index (κ1) is 13.8. The Hall–Kier alpha value is -2.18. The number of aliphatic imine (C=N–C) groups is 1. The van der Waals surface area contributed by atoms with Gasteiger partial charge >= 0.3 is 12.0 Å². The molecule has 1 unspecified atom stereocenters. The van der Waals surface area contributed by atoms with Crippen molar-refractivity contribution in [2.45, 2.75) is 39.2 Å². The fourth-order valence-electron chi connectivity index (χ4n) is 2.85. The topological polar surface area (TPSA) is 72.7 Å². The average molecular weight is 290 g/mol. The molecule has 0 aliphatic carbocycles. The van der Waals surface area contributed by atoms with Crippen LogP contribution in [-0.4, -0.2) is 46.2 Å². The van der Waals surface area contributed by atoms with Crippen molar-refractivity contribution in [3.8, 4) is 0 Å². The second-order valence-electron chi connectivity index (χ2n) is 5.58. The Morgan fingerprint density at radius 2 is 2.14 bits per heavy atom. The SMILES string of the molecule is CCCCCN1C(=O)C2C(=Nc3[nH]c(C)c[n+]32)N(C)C1=O. The van der Waals surface area contributed by atoms with Crippen molar-refractivity contribution in [1.82, 2.24) is 14.8 Å². The normalized spacial score (nSPS) is 20.7. The Balaban J connectivity index is 1.91. The molecule has 0 aromatic carbocycles. The number of carbonyl (C=O) groups excluding carboxylic acids is 2. The van der Waals surface area contributed by atoms with Gasteiger partial charge < -0.3 is 0 Å². The largest absolute Gasteiger partial charge is 0.399 e. The summed E-state index contributed by atoms with van der Waals surface area (Å²) in [4.78, 5) is 35.4. The summed E-state index contributed by atoms with van der Waals surface area (Å²) in [6.07, 6.45) is 4.76. The average Bonchev–Trinajstić information content (AvgIpc) is 2.96. The Morgan fingerprint density at radius 1 is 1.38 bits per heavy atom. The van der Waals surface area contributed by atoms with E-state index in [-0.39, 0.29) is 11.9 Å². The van der Waals surface area contributed by atoms with Crippen molar-refractivity contribution in [1.29, 1.82) is 0 Å². The van der Waals surface area contributed by atoms with E-state index in [1.807, 2.05) is 17.7 Å². The highest BCUT2D eigenvalue weighted by Gasteiger charge is 2.51. The Bertz CT molecular complexity index is 633. The number of carbonyl (C=O) groups is 2. The first-order chi connectivity index (χ1) is 10.0. The fraction of sp³-hybridized carbons (Fsp3) is 0.571. The van der Waals surface area contributed by atoms with Crippen molar-refractivity contribution >= 4 is 23.7 Å². The number of hydrogen-bond acceptors (Lipinski definition) is 3. The van der Waals surface area contributed by atoms with Crippen LogP contribution >= 0.6 is 0 Å². The van der Waals surface area contributed by atoms with Crippen molar-refractivity contribution in [2.75, 3.05) is 13.6 Å².